The fraction of sp³-hybridized carbons (Fsp3) is 0.562. The SMILES string of the molecule is O=C(Cc1ccc(Cl)c(F)c1)CC1CC2CCC(C1)N2. The van der Waals surface area contributed by atoms with Gasteiger partial charge in [-0.2, -0.15) is 0 Å². The normalized spacial score (nSPS) is 28.6. The lowest BCUT2D eigenvalue weighted by molar-refractivity contribution is -0.119. The summed E-state index contributed by atoms with van der Waals surface area (Å²) in [6, 6.07) is 5.84. The number of piperidine rings is 1. The Morgan fingerprint density at radius 2 is 2.00 bits per heavy atom. The molecule has 2 atom stereocenters. The molecule has 2 aliphatic heterocycles. The summed E-state index contributed by atoms with van der Waals surface area (Å²) >= 11 is 5.64. The number of benzene rings is 1. The summed E-state index contributed by atoms with van der Waals surface area (Å²) in [5.41, 5.74) is 0.716. The van der Waals surface area contributed by atoms with Gasteiger partial charge < -0.3 is 5.32 Å². The molecule has 20 heavy (non-hydrogen) atoms. The zero-order valence-electron chi connectivity index (χ0n) is 11.4. The summed E-state index contributed by atoms with van der Waals surface area (Å²) in [5, 5.41) is 3.69. The number of halogens is 2. The largest absolute Gasteiger partial charge is 0.311 e. The first kappa shape index (κ1) is 14.0. The fourth-order valence-electron chi connectivity index (χ4n) is 3.61. The van der Waals surface area contributed by atoms with Crippen LogP contribution in [-0.4, -0.2) is 17.9 Å². The smallest absolute Gasteiger partial charge is 0.142 e. The number of rotatable bonds is 4. The van der Waals surface area contributed by atoms with E-state index >= 15 is 0 Å². The van der Waals surface area contributed by atoms with Crippen LogP contribution in [0.25, 0.3) is 0 Å². The second-order valence-corrected chi connectivity index (χ2v) is 6.55. The van der Waals surface area contributed by atoms with Crippen LogP contribution < -0.4 is 5.32 Å². The Morgan fingerprint density at radius 3 is 2.65 bits per heavy atom. The van der Waals surface area contributed by atoms with Crippen molar-refractivity contribution < 1.29 is 9.18 Å². The van der Waals surface area contributed by atoms with Crippen molar-refractivity contribution in [1.29, 1.82) is 0 Å². The molecule has 1 aromatic carbocycles. The standard InChI is InChI=1S/C16H19ClFNO/c17-15-4-1-10(9-16(15)18)7-14(20)8-11-5-12-2-3-13(6-11)19-12/h1,4,9,11-13,19H,2-3,5-8H2. The molecule has 1 aromatic rings. The molecule has 2 bridgehead atoms. The summed E-state index contributed by atoms with van der Waals surface area (Å²) in [5.74, 6) is 0.258. The van der Waals surface area contributed by atoms with E-state index < -0.39 is 5.82 Å². The van der Waals surface area contributed by atoms with Crippen LogP contribution in [0.5, 0.6) is 0 Å². The van der Waals surface area contributed by atoms with Gasteiger partial charge in [-0.25, -0.2) is 4.39 Å². The third kappa shape index (κ3) is 3.21. The Morgan fingerprint density at radius 1 is 1.30 bits per heavy atom. The maximum atomic E-state index is 13.3. The predicted molar refractivity (Wildman–Crippen MR) is 77.4 cm³/mol. The average molecular weight is 296 g/mol. The van der Waals surface area contributed by atoms with Gasteiger partial charge in [-0.3, -0.25) is 4.79 Å². The summed E-state index contributed by atoms with van der Waals surface area (Å²) in [4.78, 5) is 12.1. The van der Waals surface area contributed by atoms with Gasteiger partial charge in [0.1, 0.15) is 11.6 Å². The number of ketones is 1. The highest BCUT2D eigenvalue weighted by molar-refractivity contribution is 6.30. The monoisotopic (exact) mass is 295 g/mol. The molecule has 2 aliphatic rings. The maximum Gasteiger partial charge on any atom is 0.142 e. The minimum atomic E-state index is -0.447. The van der Waals surface area contributed by atoms with Gasteiger partial charge in [-0.1, -0.05) is 17.7 Å². The molecule has 2 nitrogen and oxygen atoms in total. The van der Waals surface area contributed by atoms with E-state index in [-0.39, 0.29) is 10.8 Å². The molecule has 2 fully saturated rings. The summed E-state index contributed by atoms with van der Waals surface area (Å²) in [6.07, 6.45) is 5.65. The van der Waals surface area contributed by atoms with Crippen LogP contribution in [0, 0.1) is 11.7 Å². The number of carbonyl (C=O) groups is 1. The predicted octanol–water partition coefficient (Wildman–Crippen LogP) is 3.51. The van der Waals surface area contributed by atoms with Gasteiger partial charge in [0.25, 0.3) is 0 Å². The highest BCUT2D eigenvalue weighted by atomic mass is 35.5. The van der Waals surface area contributed by atoms with Crippen molar-refractivity contribution in [2.45, 2.75) is 50.6 Å². The van der Waals surface area contributed by atoms with Crippen LogP contribution in [0.1, 0.15) is 37.7 Å². The van der Waals surface area contributed by atoms with Gasteiger partial charge in [0.05, 0.1) is 5.02 Å². The average Bonchev–Trinajstić information content (AvgIpc) is 2.73. The Hall–Kier alpha value is -0.930. The Balaban J connectivity index is 1.55. The molecule has 0 aliphatic carbocycles. The lowest BCUT2D eigenvalue weighted by atomic mass is 9.87. The van der Waals surface area contributed by atoms with Gasteiger partial charge in [0.15, 0.2) is 0 Å². The maximum absolute atomic E-state index is 13.3. The molecule has 0 radical (unpaired) electrons. The van der Waals surface area contributed by atoms with Crippen LogP contribution in [0.4, 0.5) is 4.39 Å². The second kappa shape index (κ2) is 5.82. The zero-order chi connectivity index (χ0) is 14.1. The van der Waals surface area contributed by atoms with Gasteiger partial charge in [0, 0.05) is 24.9 Å². The Kier molecular flexibility index (Phi) is 4.08. The number of Topliss-reactive ketones (excluding diaryl/α,β-unsaturated/α-hetero) is 1. The molecule has 2 heterocycles. The molecule has 3 rings (SSSR count). The minimum absolute atomic E-state index is 0.108. The molecule has 1 N–H and O–H groups in total. The topological polar surface area (TPSA) is 29.1 Å². The van der Waals surface area contributed by atoms with Crippen molar-refractivity contribution in [3.63, 3.8) is 0 Å². The van der Waals surface area contributed by atoms with E-state index in [9.17, 15) is 9.18 Å². The van der Waals surface area contributed by atoms with Gasteiger partial charge in [0.2, 0.25) is 0 Å². The van der Waals surface area contributed by atoms with E-state index in [0.717, 1.165) is 12.8 Å². The molecule has 108 valence electrons. The first-order chi connectivity index (χ1) is 9.60. The van der Waals surface area contributed by atoms with Crippen molar-refractivity contribution in [3.05, 3.63) is 34.6 Å². The second-order valence-electron chi connectivity index (χ2n) is 6.14. The molecular weight excluding hydrogens is 277 g/mol. The van der Waals surface area contributed by atoms with E-state index in [2.05, 4.69) is 5.32 Å². The summed E-state index contributed by atoms with van der Waals surface area (Å²) in [6.45, 7) is 0. The zero-order valence-corrected chi connectivity index (χ0v) is 12.1. The van der Waals surface area contributed by atoms with E-state index in [1.165, 1.54) is 25.0 Å². The molecule has 0 aromatic heterocycles. The third-order valence-electron chi connectivity index (χ3n) is 4.47. The molecular formula is C16H19ClFNO. The van der Waals surface area contributed by atoms with Gasteiger partial charge in [-0.15, -0.1) is 0 Å². The first-order valence-electron chi connectivity index (χ1n) is 7.32. The highest BCUT2D eigenvalue weighted by Gasteiger charge is 2.33. The number of carbonyl (C=O) groups excluding carboxylic acids is 1. The number of fused-ring (bicyclic) bond motifs is 2. The number of nitrogens with one attached hydrogen (secondary N) is 1. The summed E-state index contributed by atoms with van der Waals surface area (Å²) < 4.78 is 13.3. The lowest BCUT2D eigenvalue weighted by Crippen LogP contribution is -2.38. The van der Waals surface area contributed by atoms with Gasteiger partial charge in [-0.05, 0) is 49.3 Å². The van der Waals surface area contributed by atoms with E-state index in [0.29, 0.717) is 36.4 Å². The molecule has 4 heteroatoms. The van der Waals surface area contributed by atoms with E-state index in [1.807, 2.05) is 0 Å². The van der Waals surface area contributed by atoms with Crippen LogP contribution in [0.2, 0.25) is 5.02 Å². The van der Waals surface area contributed by atoms with Crippen LogP contribution in [0.15, 0.2) is 18.2 Å². The Bertz CT molecular complexity index is 507. The third-order valence-corrected chi connectivity index (χ3v) is 4.78. The molecule has 0 amide bonds. The van der Waals surface area contributed by atoms with Crippen LogP contribution in [0.3, 0.4) is 0 Å². The van der Waals surface area contributed by atoms with Crippen molar-refractivity contribution in [2.75, 3.05) is 0 Å². The number of hydrogen-bond acceptors (Lipinski definition) is 2. The molecule has 0 saturated carbocycles. The van der Waals surface area contributed by atoms with Crippen molar-refractivity contribution in [3.8, 4) is 0 Å². The van der Waals surface area contributed by atoms with Crippen LogP contribution in [-0.2, 0) is 11.2 Å². The lowest BCUT2D eigenvalue weighted by Gasteiger charge is -2.28. The Labute approximate surface area is 123 Å². The summed E-state index contributed by atoms with van der Waals surface area (Å²) in [7, 11) is 0. The quantitative estimate of drug-likeness (QED) is 0.921. The van der Waals surface area contributed by atoms with Gasteiger partial charge >= 0.3 is 0 Å². The molecule has 2 saturated heterocycles. The van der Waals surface area contributed by atoms with Crippen molar-refractivity contribution in [2.24, 2.45) is 5.92 Å². The van der Waals surface area contributed by atoms with Crippen molar-refractivity contribution >= 4 is 17.4 Å². The molecule has 0 spiro atoms. The fourth-order valence-corrected chi connectivity index (χ4v) is 3.73. The van der Waals surface area contributed by atoms with E-state index in [1.54, 1.807) is 6.07 Å². The van der Waals surface area contributed by atoms with Crippen molar-refractivity contribution in [1.82, 2.24) is 5.32 Å². The first-order valence-corrected chi connectivity index (χ1v) is 7.69. The van der Waals surface area contributed by atoms with E-state index in [4.69, 9.17) is 11.6 Å². The minimum Gasteiger partial charge on any atom is -0.311 e. The highest BCUT2D eigenvalue weighted by Crippen LogP contribution is 2.33. The molecule has 2 unspecified atom stereocenters. The van der Waals surface area contributed by atoms with Crippen LogP contribution >= 0.6 is 11.6 Å². The number of hydrogen-bond donors (Lipinski definition) is 1.